The Morgan fingerprint density at radius 3 is 2.36 bits per heavy atom. The molecule has 0 atom stereocenters. The Morgan fingerprint density at radius 2 is 1.82 bits per heavy atom. The van der Waals surface area contributed by atoms with E-state index in [0.29, 0.717) is 0 Å². The fourth-order valence-corrected chi connectivity index (χ4v) is 2.17. The molecule has 2 aromatic rings. The van der Waals surface area contributed by atoms with Gasteiger partial charge in [0.25, 0.3) is 0 Å². The van der Waals surface area contributed by atoms with Crippen LogP contribution in [0.1, 0.15) is 18.5 Å². The van der Waals surface area contributed by atoms with Crippen LogP contribution in [-0.4, -0.2) is 23.1 Å². The Labute approximate surface area is 121 Å². The van der Waals surface area contributed by atoms with Crippen LogP contribution in [0.15, 0.2) is 18.2 Å². The second-order valence-corrected chi connectivity index (χ2v) is 4.64. The number of para-hydroxylation sites is 1. The zero-order chi connectivity index (χ0) is 16.5. The fraction of sp³-hybridized carbons (Fsp3) is 0.462. The van der Waals surface area contributed by atoms with Crippen LogP contribution < -0.4 is 4.74 Å². The molecule has 1 aromatic heterocycles. The maximum absolute atomic E-state index is 13.0. The van der Waals surface area contributed by atoms with Gasteiger partial charge in [0.05, 0.1) is 7.11 Å². The van der Waals surface area contributed by atoms with Gasteiger partial charge in [0.15, 0.2) is 5.69 Å². The maximum Gasteiger partial charge on any atom is 0.435 e. The van der Waals surface area contributed by atoms with E-state index in [4.69, 9.17) is 4.74 Å². The van der Waals surface area contributed by atoms with Crippen LogP contribution in [0, 0.1) is 0 Å². The highest BCUT2D eigenvalue weighted by Gasteiger charge is 2.37. The molecule has 2 rings (SSSR count). The lowest BCUT2D eigenvalue weighted by Crippen LogP contribution is -2.11. The summed E-state index contributed by atoms with van der Waals surface area (Å²) in [6, 6.07) is 4.02. The van der Waals surface area contributed by atoms with Crippen molar-refractivity contribution < 1.29 is 31.1 Å². The van der Waals surface area contributed by atoms with Gasteiger partial charge < -0.3 is 4.74 Å². The quantitative estimate of drug-likeness (QED) is 0.779. The Morgan fingerprint density at radius 1 is 1.14 bits per heavy atom. The molecule has 0 N–H and O–H groups in total. The van der Waals surface area contributed by atoms with E-state index in [0.717, 1.165) is 4.68 Å². The summed E-state index contributed by atoms with van der Waals surface area (Å²) in [5.74, 6) is 0.132. The number of benzene rings is 1. The number of hydrogen-bond acceptors (Lipinski definition) is 2. The molecule has 1 aromatic carbocycles. The van der Waals surface area contributed by atoms with Gasteiger partial charge in [-0.15, -0.1) is 0 Å². The van der Waals surface area contributed by atoms with Gasteiger partial charge in [0, 0.05) is 18.4 Å². The van der Waals surface area contributed by atoms with E-state index in [9.17, 15) is 26.3 Å². The minimum absolute atomic E-state index is 0.0412. The molecule has 0 spiro atoms. The summed E-state index contributed by atoms with van der Waals surface area (Å²) in [4.78, 5) is 0. The molecule has 122 valence electrons. The smallest absolute Gasteiger partial charge is 0.435 e. The molecule has 0 aliphatic rings. The zero-order valence-electron chi connectivity index (χ0n) is 11.4. The van der Waals surface area contributed by atoms with E-state index in [1.807, 2.05) is 0 Å². The third kappa shape index (κ3) is 3.45. The van der Waals surface area contributed by atoms with Crippen LogP contribution in [-0.2, 0) is 12.7 Å². The number of halogens is 6. The molecule has 0 fully saturated rings. The lowest BCUT2D eigenvalue weighted by Gasteiger charge is -2.08. The van der Waals surface area contributed by atoms with E-state index in [1.165, 1.54) is 25.3 Å². The van der Waals surface area contributed by atoms with Crippen LogP contribution in [0.4, 0.5) is 26.3 Å². The number of ether oxygens (including phenoxy) is 1. The summed E-state index contributed by atoms with van der Waals surface area (Å²) in [6.45, 7) is -0.285. The van der Waals surface area contributed by atoms with Gasteiger partial charge in [-0.3, -0.25) is 4.68 Å². The van der Waals surface area contributed by atoms with Gasteiger partial charge in [0.1, 0.15) is 11.3 Å². The predicted octanol–water partition coefficient (Wildman–Crippen LogP) is 4.41. The summed E-state index contributed by atoms with van der Waals surface area (Å²) in [6.07, 6.45) is -10.5. The Kier molecular flexibility index (Phi) is 4.25. The van der Waals surface area contributed by atoms with Crippen molar-refractivity contribution >= 4 is 10.9 Å². The molecule has 22 heavy (non-hydrogen) atoms. The topological polar surface area (TPSA) is 27.1 Å². The summed E-state index contributed by atoms with van der Waals surface area (Å²) >= 11 is 0. The number of hydrogen-bond donors (Lipinski definition) is 0. The number of alkyl halides is 6. The highest BCUT2D eigenvalue weighted by molar-refractivity contribution is 5.87. The predicted molar refractivity (Wildman–Crippen MR) is 66.6 cm³/mol. The summed E-state index contributed by atoms with van der Waals surface area (Å²) in [5, 5.41) is 3.24. The van der Waals surface area contributed by atoms with Gasteiger partial charge in [-0.1, -0.05) is 12.1 Å². The molecule has 0 saturated heterocycles. The SMILES string of the molecule is COc1cccc2c(C(F)(F)F)nn(CCCC(F)(F)F)c12. The van der Waals surface area contributed by atoms with E-state index >= 15 is 0 Å². The van der Waals surface area contributed by atoms with E-state index in [-0.39, 0.29) is 29.6 Å². The van der Waals surface area contributed by atoms with E-state index in [2.05, 4.69) is 5.10 Å². The van der Waals surface area contributed by atoms with Gasteiger partial charge in [-0.05, 0) is 12.5 Å². The standard InChI is InChI=1S/C13H12F6N2O/c1-22-9-5-2-4-8-10(9)21(7-3-6-12(14,15)16)20-11(8)13(17,18)19/h2,4-5H,3,6-7H2,1H3. The second-order valence-electron chi connectivity index (χ2n) is 4.64. The number of nitrogens with zero attached hydrogens (tertiary/aromatic N) is 2. The van der Waals surface area contributed by atoms with Gasteiger partial charge in [-0.25, -0.2) is 0 Å². The first-order valence-electron chi connectivity index (χ1n) is 6.31. The number of fused-ring (bicyclic) bond motifs is 1. The van der Waals surface area contributed by atoms with Crippen molar-refractivity contribution in [1.82, 2.24) is 9.78 Å². The Balaban J connectivity index is 2.44. The Hall–Kier alpha value is -1.93. The van der Waals surface area contributed by atoms with Crippen molar-refractivity contribution in [3.63, 3.8) is 0 Å². The number of aromatic nitrogens is 2. The minimum Gasteiger partial charge on any atom is -0.494 e. The van der Waals surface area contributed by atoms with Crippen molar-refractivity contribution in [2.75, 3.05) is 7.11 Å². The third-order valence-corrected chi connectivity index (χ3v) is 3.05. The van der Waals surface area contributed by atoms with Crippen LogP contribution in [0.3, 0.4) is 0 Å². The lowest BCUT2D eigenvalue weighted by molar-refractivity contribution is -0.141. The highest BCUT2D eigenvalue weighted by Crippen LogP contribution is 2.37. The summed E-state index contributed by atoms with van der Waals surface area (Å²) < 4.78 is 81.4. The minimum atomic E-state index is -4.69. The number of aryl methyl sites for hydroxylation is 1. The molecular weight excluding hydrogens is 314 g/mol. The highest BCUT2D eigenvalue weighted by atomic mass is 19.4. The second kappa shape index (κ2) is 5.69. The van der Waals surface area contributed by atoms with Crippen LogP contribution >= 0.6 is 0 Å². The van der Waals surface area contributed by atoms with Crippen LogP contribution in [0.5, 0.6) is 5.75 Å². The average Bonchev–Trinajstić information content (AvgIpc) is 2.76. The normalized spacial score (nSPS) is 12.9. The molecule has 1 heterocycles. The molecule has 3 nitrogen and oxygen atoms in total. The van der Waals surface area contributed by atoms with Crippen molar-refractivity contribution in [3.05, 3.63) is 23.9 Å². The van der Waals surface area contributed by atoms with Crippen LogP contribution in [0.25, 0.3) is 10.9 Å². The molecule has 0 radical (unpaired) electrons. The molecule has 0 aliphatic heterocycles. The van der Waals surface area contributed by atoms with Crippen molar-refractivity contribution in [1.29, 1.82) is 0 Å². The molecule has 0 amide bonds. The fourth-order valence-electron chi connectivity index (χ4n) is 2.17. The number of rotatable bonds is 4. The number of methoxy groups -OCH3 is 1. The van der Waals surface area contributed by atoms with Crippen LogP contribution in [0.2, 0.25) is 0 Å². The molecule has 0 unspecified atom stereocenters. The van der Waals surface area contributed by atoms with E-state index < -0.39 is 24.5 Å². The first-order chi connectivity index (χ1) is 10.1. The average molecular weight is 326 g/mol. The van der Waals surface area contributed by atoms with Gasteiger partial charge in [0.2, 0.25) is 0 Å². The molecular formula is C13H12F6N2O. The summed E-state index contributed by atoms with van der Waals surface area (Å²) in [7, 11) is 1.27. The first-order valence-corrected chi connectivity index (χ1v) is 6.31. The molecule has 0 saturated carbocycles. The Bertz CT molecular complexity index is 659. The lowest BCUT2D eigenvalue weighted by atomic mass is 10.2. The first kappa shape index (κ1) is 16.4. The van der Waals surface area contributed by atoms with Gasteiger partial charge in [-0.2, -0.15) is 31.4 Å². The maximum atomic E-state index is 13.0. The zero-order valence-corrected chi connectivity index (χ0v) is 11.4. The molecule has 0 aliphatic carbocycles. The van der Waals surface area contributed by atoms with Gasteiger partial charge >= 0.3 is 12.4 Å². The third-order valence-electron chi connectivity index (χ3n) is 3.05. The molecule has 9 heteroatoms. The summed E-state index contributed by atoms with van der Waals surface area (Å²) in [5.41, 5.74) is -1.09. The van der Waals surface area contributed by atoms with Crippen molar-refractivity contribution in [2.24, 2.45) is 0 Å². The molecule has 0 bridgehead atoms. The van der Waals surface area contributed by atoms with Crippen molar-refractivity contribution in [2.45, 2.75) is 31.7 Å². The monoisotopic (exact) mass is 326 g/mol. The van der Waals surface area contributed by atoms with E-state index in [1.54, 1.807) is 0 Å². The largest absolute Gasteiger partial charge is 0.494 e. The van der Waals surface area contributed by atoms with Crippen molar-refractivity contribution in [3.8, 4) is 5.75 Å².